The third kappa shape index (κ3) is 5.36. The second-order valence-electron chi connectivity index (χ2n) is 8.39. The Kier molecular flexibility index (Phi) is 7.37. The van der Waals surface area contributed by atoms with E-state index in [0.29, 0.717) is 11.5 Å². The number of rotatable bonds is 6. The van der Waals surface area contributed by atoms with Gasteiger partial charge < -0.3 is 0 Å². The second-order valence-corrected chi connectivity index (χ2v) is 8.39. The maximum atomic E-state index is 13.5. The molecule has 0 N–H and O–H groups in total. The summed E-state index contributed by atoms with van der Waals surface area (Å²) >= 11 is 0. The first-order valence-electron chi connectivity index (χ1n) is 10.4. The highest BCUT2D eigenvalue weighted by atomic mass is 19.2. The highest BCUT2D eigenvalue weighted by molar-refractivity contribution is 5.23. The molecule has 0 aliphatic heterocycles. The van der Waals surface area contributed by atoms with Crippen molar-refractivity contribution in [2.24, 2.45) is 17.8 Å². The topological polar surface area (TPSA) is 0 Å². The highest BCUT2D eigenvalue weighted by Crippen LogP contribution is 2.44. The lowest BCUT2D eigenvalue weighted by atomic mass is 9.68. The molecule has 0 atom stereocenters. The smallest absolute Gasteiger partial charge is 0.194 e. The standard InChI is InChI=1S/C23H30F4/c24-13-3-1-2-4-16-5-7-17(8-6-16)18-9-11-19(12-10-18)20-14-21(25)23(27)22(26)15-20/h1,3,14-19H,2,4-13H2/t16-,17-,18-,19-. The van der Waals surface area contributed by atoms with Gasteiger partial charge in [0, 0.05) is 0 Å². The molecule has 0 unspecified atom stereocenters. The molecule has 0 amide bonds. The van der Waals surface area contributed by atoms with Gasteiger partial charge in [-0.05, 0) is 92.7 Å². The molecule has 0 spiro atoms. The fourth-order valence-electron chi connectivity index (χ4n) is 5.20. The van der Waals surface area contributed by atoms with Gasteiger partial charge in [-0.25, -0.2) is 17.6 Å². The third-order valence-corrected chi connectivity index (χ3v) is 6.80. The largest absolute Gasteiger partial charge is 0.247 e. The van der Waals surface area contributed by atoms with E-state index < -0.39 is 17.5 Å². The Hall–Kier alpha value is -1.32. The first-order chi connectivity index (χ1) is 13.1. The van der Waals surface area contributed by atoms with Crippen molar-refractivity contribution in [2.45, 2.75) is 70.1 Å². The van der Waals surface area contributed by atoms with Crippen molar-refractivity contribution in [1.82, 2.24) is 0 Å². The normalized spacial score (nSPS) is 29.3. The van der Waals surface area contributed by atoms with Crippen LogP contribution in [0.15, 0.2) is 24.3 Å². The summed E-state index contributed by atoms with van der Waals surface area (Å²) in [6.07, 6.45) is 14.8. The van der Waals surface area contributed by atoms with Crippen molar-refractivity contribution >= 4 is 0 Å². The summed E-state index contributed by atoms with van der Waals surface area (Å²) in [6.45, 7) is -0.368. The van der Waals surface area contributed by atoms with Crippen LogP contribution >= 0.6 is 0 Å². The quantitative estimate of drug-likeness (QED) is 0.272. The van der Waals surface area contributed by atoms with Gasteiger partial charge in [0.05, 0.1) is 0 Å². The highest BCUT2D eigenvalue weighted by Gasteiger charge is 2.31. The molecule has 0 heterocycles. The lowest BCUT2D eigenvalue weighted by Gasteiger charge is -2.38. The van der Waals surface area contributed by atoms with E-state index in [9.17, 15) is 17.6 Å². The first kappa shape index (κ1) is 20.4. The van der Waals surface area contributed by atoms with Gasteiger partial charge in [0.15, 0.2) is 17.5 Å². The van der Waals surface area contributed by atoms with Crippen molar-refractivity contribution in [2.75, 3.05) is 6.67 Å². The Morgan fingerprint density at radius 2 is 1.33 bits per heavy atom. The minimum atomic E-state index is -1.37. The molecule has 4 heteroatoms. The van der Waals surface area contributed by atoms with E-state index in [4.69, 9.17) is 0 Å². The Bertz CT molecular complexity index is 600. The van der Waals surface area contributed by atoms with Crippen LogP contribution in [0.2, 0.25) is 0 Å². The number of benzene rings is 1. The molecular formula is C23H30F4. The van der Waals surface area contributed by atoms with Crippen LogP contribution in [0.5, 0.6) is 0 Å². The zero-order chi connectivity index (χ0) is 19.2. The lowest BCUT2D eigenvalue weighted by Crippen LogP contribution is -2.25. The molecule has 3 rings (SSSR count). The van der Waals surface area contributed by atoms with E-state index >= 15 is 0 Å². The van der Waals surface area contributed by atoms with Crippen molar-refractivity contribution in [3.63, 3.8) is 0 Å². The number of halogens is 4. The monoisotopic (exact) mass is 382 g/mol. The summed E-state index contributed by atoms with van der Waals surface area (Å²) in [4.78, 5) is 0. The molecule has 0 saturated heterocycles. The number of hydrogen-bond donors (Lipinski definition) is 0. The van der Waals surface area contributed by atoms with Crippen LogP contribution in [0, 0.1) is 35.2 Å². The molecule has 0 bridgehead atoms. The van der Waals surface area contributed by atoms with Gasteiger partial charge in [0.2, 0.25) is 0 Å². The predicted molar refractivity (Wildman–Crippen MR) is 101 cm³/mol. The van der Waals surface area contributed by atoms with Gasteiger partial charge >= 0.3 is 0 Å². The summed E-state index contributed by atoms with van der Waals surface area (Å²) < 4.78 is 52.2. The van der Waals surface area contributed by atoms with Gasteiger partial charge in [-0.2, -0.15) is 0 Å². The van der Waals surface area contributed by atoms with Gasteiger partial charge in [-0.15, -0.1) is 0 Å². The van der Waals surface area contributed by atoms with Crippen molar-refractivity contribution in [3.05, 3.63) is 47.3 Å². The molecule has 2 fully saturated rings. The molecule has 2 aliphatic rings. The summed E-state index contributed by atoms with van der Waals surface area (Å²) in [6, 6.07) is 2.35. The molecular weight excluding hydrogens is 352 g/mol. The summed E-state index contributed by atoms with van der Waals surface area (Å²) in [5.74, 6) is -1.13. The van der Waals surface area contributed by atoms with Gasteiger partial charge in [0.25, 0.3) is 0 Å². The SMILES string of the molecule is FCC=CCC[C@H]1CC[C@H]([C@H]2CC[C@H](c3cc(F)c(F)c(F)c3)CC2)CC1. The maximum Gasteiger partial charge on any atom is 0.194 e. The molecule has 1 aromatic rings. The Morgan fingerprint density at radius 1 is 0.778 bits per heavy atom. The van der Waals surface area contributed by atoms with Crippen molar-refractivity contribution < 1.29 is 17.6 Å². The van der Waals surface area contributed by atoms with Crippen LogP contribution in [0.25, 0.3) is 0 Å². The molecule has 27 heavy (non-hydrogen) atoms. The van der Waals surface area contributed by atoms with Gasteiger partial charge in [-0.3, -0.25) is 0 Å². The van der Waals surface area contributed by atoms with Crippen LogP contribution in [-0.4, -0.2) is 6.67 Å². The van der Waals surface area contributed by atoms with E-state index in [2.05, 4.69) is 0 Å². The van der Waals surface area contributed by atoms with Crippen LogP contribution in [0.3, 0.4) is 0 Å². The lowest BCUT2D eigenvalue weighted by molar-refractivity contribution is 0.157. The van der Waals surface area contributed by atoms with Crippen molar-refractivity contribution in [3.8, 4) is 0 Å². The second kappa shape index (κ2) is 9.75. The van der Waals surface area contributed by atoms with Crippen LogP contribution in [-0.2, 0) is 0 Å². The average molecular weight is 382 g/mol. The zero-order valence-corrected chi connectivity index (χ0v) is 15.9. The van der Waals surface area contributed by atoms with E-state index in [-0.39, 0.29) is 12.6 Å². The molecule has 0 radical (unpaired) electrons. The molecule has 0 aromatic heterocycles. The minimum Gasteiger partial charge on any atom is -0.247 e. The van der Waals surface area contributed by atoms with Crippen LogP contribution < -0.4 is 0 Å². The van der Waals surface area contributed by atoms with Gasteiger partial charge in [0.1, 0.15) is 6.67 Å². The summed E-state index contributed by atoms with van der Waals surface area (Å²) in [5.41, 5.74) is 0.606. The fourth-order valence-corrected chi connectivity index (χ4v) is 5.20. The number of hydrogen-bond acceptors (Lipinski definition) is 0. The molecule has 150 valence electrons. The van der Waals surface area contributed by atoms with Crippen LogP contribution in [0.4, 0.5) is 17.6 Å². The van der Waals surface area contributed by atoms with Gasteiger partial charge in [-0.1, -0.05) is 25.0 Å². The van der Waals surface area contributed by atoms with E-state index in [0.717, 1.165) is 50.4 Å². The zero-order valence-electron chi connectivity index (χ0n) is 15.9. The predicted octanol–water partition coefficient (Wildman–Crippen LogP) is 7.49. The Balaban J connectivity index is 1.44. The molecule has 0 nitrogen and oxygen atoms in total. The molecule has 2 aliphatic carbocycles. The number of alkyl halides is 1. The van der Waals surface area contributed by atoms with Crippen molar-refractivity contribution in [1.29, 1.82) is 0 Å². The third-order valence-electron chi connectivity index (χ3n) is 6.80. The molecule has 1 aromatic carbocycles. The maximum absolute atomic E-state index is 13.5. The van der Waals surface area contributed by atoms with E-state index in [1.54, 1.807) is 6.08 Å². The van der Waals surface area contributed by atoms with E-state index in [1.807, 2.05) is 6.08 Å². The first-order valence-corrected chi connectivity index (χ1v) is 10.4. The summed E-state index contributed by atoms with van der Waals surface area (Å²) in [7, 11) is 0. The van der Waals surface area contributed by atoms with Crippen LogP contribution in [0.1, 0.15) is 75.7 Å². The Morgan fingerprint density at radius 3 is 1.89 bits per heavy atom. The Labute approximate surface area is 160 Å². The average Bonchev–Trinajstić information content (AvgIpc) is 2.70. The summed E-state index contributed by atoms with van der Waals surface area (Å²) in [5, 5.41) is 0. The van der Waals surface area contributed by atoms with E-state index in [1.165, 1.54) is 37.8 Å². The minimum absolute atomic E-state index is 0.143. The molecule has 2 saturated carbocycles. The number of allylic oxidation sites excluding steroid dienone is 2. The fraction of sp³-hybridized carbons (Fsp3) is 0.652.